The van der Waals surface area contributed by atoms with E-state index in [1.165, 1.54) is 16.7 Å². The molecule has 0 bridgehead atoms. The van der Waals surface area contributed by atoms with Crippen LogP contribution in [0.4, 0.5) is 0 Å². The summed E-state index contributed by atoms with van der Waals surface area (Å²) in [6.45, 7) is 0. The van der Waals surface area contributed by atoms with Crippen LogP contribution in [0.15, 0.2) is 34.2 Å². The maximum atomic E-state index is 12.3. The lowest BCUT2D eigenvalue weighted by Crippen LogP contribution is -2.23. The number of thioether (sulfide) groups is 1. The fourth-order valence-electron chi connectivity index (χ4n) is 1.96. The minimum atomic E-state index is -0.510. The average molecular weight is 314 g/mol. The number of amides is 1. The first-order valence-corrected chi connectivity index (χ1v) is 7.61. The number of nitrogens with zero attached hydrogens (tertiary/aromatic N) is 3. The molecule has 0 fully saturated rings. The van der Waals surface area contributed by atoms with Crippen LogP contribution in [-0.4, -0.2) is 41.1 Å². The minimum Gasteiger partial charge on any atom is -0.345 e. The largest absolute Gasteiger partial charge is 0.345 e. The number of hydrogen-bond acceptors (Lipinski definition) is 5. The predicted molar refractivity (Wildman–Crippen MR) is 84.8 cm³/mol. The van der Waals surface area contributed by atoms with Gasteiger partial charge in [0.05, 0.1) is 5.69 Å². The normalized spacial score (nSPS) is 10.1. The molecule has 1 aromatic heterocycles. The summed E-state index contributed by atoms with van der Waals surface area (Å²) in [5, 5.41) is 9.65. The Morgan fingerprint density at radius 3 is 2.64 bits per heavy atom. The highest BCUT2D eigenvalue weighted by atomic mass is 32.2. The number of nitriles is 1. The SMILES string of the molecule is CSc1nc(-c2ccccc2C(=O)N(C)C)c(C#N)c(=O)[nH]1. The summed E-state index contributed by atoms with van der Waals surface area (Å²) < 4.78 is 0. The van der Waals surface area contributed by atoms with Crippen molar-refractivity contribution in [3.63, 3.8) is 0 Å². The minimum absolute atomic E-state index is 0.100. The van der Waals surface area contributed by atoms with Gasteiger partial charge in [-0.25, -0.2) is 4.98 Å². The van der Waals surface area contributed by atoms with Gasteiger partial charge < -0.3 is 9.88 Å². The fraction of sp³-hybridized carbons (Fsp3) is 0.200. The van der Waals surface area contributed by atoms with Crippen molar-refractivity contribution in [3.05, 3.63) is 45.7 Å². The molecule has 112 valence electrons. The number of aromatic nitrogens is 2. The second kappa shape index (κ2) is 6.45. The van der Waals surface area contributed by atoms with Gasteiger partial charge in [0.15, 0.2) is 5.16 Å². The molecule has 1 aromatic carbocycles. The maximum absolute atomic E-state index is 12.3. The Bertz CT molecular complexity index is 821. The predicted octanol–water partition coefficient (Wildman–Crippen LogP) is 1.73. The van der Waals surface area contributed by atoms with Crippen molar-refractivity contribution in [2.75, 3.05) is 20.4 Å². The van der Waals surface area contributed by atoms with E-state index in [-0.39, 0.29) is 17.2 Å². The van der Waals surface area contributed by atoms with E-state index in [2.05, 4.69) is 9.97 Å². The van der Waals surface area contributed by atoms with Crippen LogP contribution in [0.1, 0.15) is 15.9 Å². The van der Waals surface area contributed by atoms with Crippen LogP contribution in [-0.2, 0) is 0 Å². The van der Waals surface area contributed by atoms with Crippen LogP contribution in [0, 0.1) is 11.3 Å². The number of carbonyl (C=O) groups is 1. The Kier molecular flexibility index (Phi) is 4.63. The Morgan fingerprint density at radius 2 is 2.05 bits per heavy atom. The van der Waals surface area contributed by atoms with E-state index in [9.17, 15) is 14.9 Å². The van der Waals surface area contributed by atoms with Crippen LogP contribution >= 0.6 is 11.8 Å². The molecule has 2 aromatic rings. The van der Waals surface area contributed by atoms with Crippen LogP contribution in [0.5, 0.6) is 0 Å². The van der Waals surface area contributed by atoms with Gasteiger partial charge in [-0.15, -0.1) is 0 Å². The van der Waals surface area contributed by atoms with Crippen LogP contribution in [0.2, 0.25) is 0 Å². The summed E-state index contributed by atoms with van der Waals surface area (Å²) in [6, 6.07) is 8.68. The second-order valence-corrected chi connectivity index (χ2v) is 5.45. The fourth-order valence-corrected chi connectivity index (χ4v) is 2.34. The van der Waals surface area contributed by atoms with Gasteiger partial charge in [-0.3, -0.25) is 9.59 Å². The van der Waals surface area contributed by atoms with Gasteiger partial charge in [0.1, 0.15) is 11.6 Å². The molecular formula is C15H14N4O2S. The smallest absolute Gasteiger partial charge is 0.270 e. The quantitative estimate of drug-likeness (QED) is 0.688. The average Bonchev–Trinajstić information content (AvgIpc) is 2.53. The van der Waals surface area contributed by atoms with Crippen molar-refractivity contribution in [2.45, 2.75) is 5.16 Å². The molecule has 6 nitrogen and oxygen atoms in total. The summed E-state index contributed by atoms with van der Waals surface area (Å²) in [7, 11) is 3.28. The van der Waals surface area contributed by atoms with Crippen molar-refractivity contribution < 1.29 is 4.79 Å². The summed E-state index contributed by atoms with van der Waals surface area (Å²) in [5.74, 6) is -0.215. The topological polar surface area (TPSA) is 89.8 Å². The highest BCUT2D eigenvalue weighted by Crippen LogP contribution is 2.25. The van der Waals surface area contributed by atoms with Gasteiger partial charge in [0.2, 0.25) is 0 Å². The standard InChI is InChI=1S/C15H14N4O2S/c1-19(2)14(21)10-7-5-4-6-9(10)12-11(8-16)13(20)18-15(17-12)22-3/h4-7H,1-3H3,(H,17,18,20). The van der Waals surface area contributed by atoms with E-state index in [0.29, 0.717) is 16.3 Å². The Balaban J connectivity index is 2.78. The number of H-pyrrole nitrogens is 1. The van der Waals surface area contributed by atoms with Crippen molar-refractivity contribution in [1.82, 2.24) is 14.9 Å². The molecule has 0 atom stereocenters. The molecule has 0 saturated heterocycles. The Hall–Kier alpha value is -2.59. The molecule has 0 aliphatic heterocycles. The van der Waals surface area contributed by atoms with Crippen molar-refractivity contribution >= 4 is 17.7 Å². The molecule has 0 saturated carbocycles. The highest BCUT2D eigenvalue weighted by Gasteiger charge is 2.20. The number of nitrogens with one attached hydrogen (secondary N) is 1. The lowest BCUT2D eigenvalue weighted by Gasteiger charge is -2.14. The van der Waals surface area contributed by atoms with Crippen LogP contribution < -0.4 is 5.56 Å². The Morgan fingerprint density at radius 1 is 1.36 bits per heavy atom. The zero-order chi connectivity index (χ0) is 16.3. The summed E-state index contributed by atoms with van der Waals surface area (Å²) in [6.07, 6.45) is 1.77. The summed E-state index contributed by atoms with van der Waals surface area (Å²) in [5.41, 5.74) is 0.482. The van der Waals surface area contributed by atoms with E-state index in [0.717, 1.165) is 0 Å². The van der Waals surface area contributed by atoms with E-state index in [1.807, 2.05) is 6.07 Å². The van der Waals surface area contributed by atoms with E-state index in [4.69, 9.17) is 0 Å². The molecule has 7 heteroatoms. The van der Waals surface area contributed by atoms with Gasteiger partial charge in [0.25, 0.3) is 11.5 Å². The van der Waals surface area contributed by atoms with Gasteiger partial charge in [-0.1, -0.05) is 30.0 Å². The highest BCUT2D eigenvalue weighted by molar-refractivity contribution is 7.98. The molecule has 1 heterocycles. The third kappa shape index (κ3) is 2.87. The van der Waals surface area contributed by atoms with Crippen molar-refractivity contribution in [2.24, 2.45) is 0 Å². The van der Waals surface area contributed by atoms with E-state index < -0.39 is 5.56 Å². The Labute approximate surface area is 131 Å². The molecular weight excluding hydrogens is 300 g/mol. The lowest BCUT2D eigenvalue weighted by atomic mass is 10.0. The number of rotatable bonds is 3. The molecule has 0 aliphatic rings. The zero-order valence-corrected chi connectivity index (χ0v) is 13.2. The molecule has 0 radical (unpaired) electrons. The lowest BCUT2D eigenvalue weighted by molar-refractivity contribution is 0.0828. The van der Waals surface area contributed by atoms with E-state index in [1.54, 1.807) is 44.6 Å². The monoisotopic (exact) mass is 314 g/mol. The van der Waals surface area contributed by atoms with E-state index >= 15 is 0 Å². The maximum Gasteiger partial charge on any atom is 0.270 e. The first-order valence-electron chi connectivity index (χ1n) is 6.39. The summed E-state index contributed by atoms with van der Waals surface area (Å²) >= 11 is 1.26. The zero-order valence-electron chi connectivity index (χ0n) is 12.4. The molecule has 0 spiro atoms. The number of hydrogen-bond donors (Lipinski definition) is 1. The molecule has 2 rings (SSSR count). The molecule has 1 amide bonds. The van der Waals surface area contributed by atoms with Gasteiger partial charge >= 0.3 is 0 Å². The number of aromatic amines is 1. The number of benzene rings is 1. The van der Waals surface area contributed by atoms with Crippen LogP contribution in [0.3, 0.4) is 0 Å². The van der Waals surface area contributed by atoms with Gasteiger partial charge in [-0.2, -0.15) is 5.26 Å². The third-order valence-electron chi connectivity index (χ3n) is 3.02. The second-order valence-electron chi connectivity index (χ2n) is 4.66. The van der Waals surface area contributed by atoms with Crippen LogP contribution in [0.25, 0.3) is 11.3 Å². The van der Waals surface area contributed by atoms with Gasteiger partial charge in [-0.05, 0) is 12.3 Å². The molecule has 1 N–H and O–H groups in total. The van der Waals surface area contributed by atoms with Gasteiger partial charge in [0, 0.05) is 25.2 Å². The van der Waals surface area contributed by atoms with Crippen molar-refractivity contribution in [3.8, 4) is 17.3 Å². The summed E-state index contributed by atoms with van der Waals surface area (Å²) in [4.78, 5) is 32.6. The first kappa shape index (κ1) is 15.8. The van der Waals surface area contributed by atoms with Crippen molar-refractivity contribution in [1.29, 1.82) is 5.26 Å². The molecule has 0 unspecified atom stereocenters. The molecule has 22 heavy (non-hydrogen) atoms. The third-order valence-corrected chi connectivity index (χ3v) is 3.60. The first-order chi connectivity index (χ1) is 10.5. The number of carbonyl (C=O) groups excluding carboxylic acids is 1. The molecule has 0 aliphatic carbocycles.